The highest BCUT2D eigenvalue weighted by Gasteiger charge is 2.30. The van der Waals surface area contributed by atoms with Crippen molar-refractivity contribution in [1.82, 2.24) is 4.90 Å². The number of amides is 2. The van der Waals surface area contributed by atoms with Crippen LogP contribution in [0.3, 0.4) is 0 Å². The Morgan fingerprint density at radius 1 is 0.931 bits per heavy atom. The van der Waals surface area contributed by atoms with Crippen molar-refractivity contribution in [3.63, 3.8) is 0 Å². The molecule has 1 saturated heterocycles. The van der Waals surface area contributed by atoms with E-state index < -0.39 is 5.54 Å². The second-order valence-corrected chi connectivity index (χ2v) is 7.84. The van der Waals surface area contributed by atoms with Gasteiger partial charge in [0.1, 0.15) is 5.54 Å². The topological polar surface area (TPSA) is 87.5 Å². The van der Waals surface area contributed by atoms with E-state index in [0.717, 1.165) is 31.5 Å². The largest absolute Gasteiger partial charge is 0.325 e. The Labute approximate surface area is 172 Å². The van der Waals surface area contributed by atoms with Crippen molar-refractivity contribution >= 4 is 23.2 Å². The van der Waals surface area contributed by atoms with E-state index in [4.69, 9.17) is 5.73 Å². The Balaban J connectivity index is 1.60. The molecule has 1 unspecified atom stereocenters. The standard InChI is InChI=1S/C23H30N4O2/c1-23(24,18-10-5-4-6-11-18)22(29)26-20-13-9-12-19(16-20)25-21(28)17-27-14-7-2-3-8-15-27/h4-6,9-13,16H,2-3,7-8,14-15,17,24H2,1H3,(H,25,28)(H,26,29). The smallest absolute Gasteiger partial charge is 0.248 e. The lowest BCUT2D eigenvalue weighted by atomic mass is 9.92. The van der Waals surface area contributed by atoms with Gasteiger partial charge in [-0.3, -0.25) is 14.5 Å². The molecule has 0 radical (unpaired) electrons. The van der Waals surface area contributed by atoms with Gasteiger partial charge in [-0.1, -0.05) is 49.2 Å². The Hall–Kier alpha value is -2.70. The van der Waals surface area contributed by atoms with Crippen LogP contribution < -0.4 is 16.4 Å². The number of hydrogen-bond acceptors (Lipinski definition) is 4. The van der Waals surface area contributed by atoms with Crippen LogP contribution in [0.2, 0.25) is 0 Å². The SMILES string of the molecule is CC(N)(C(=O)Nc1cccc(NC(=O)CN2CCCCCC2)c1)c1ccccc1. The number of rotatable bonds is 6. The number of nitrogens with one attached hydrogen (secondary N) is 2. The third-order valence-corrected chi connectivity index (χ3v) is 5.32. The third-order valence-electron chi connectivity index (χ3n) is 5.32. The van der Waals surface area contributed by atoms with E-state index in [2.05, 4.69) is 15.5 Å². The molecule has 1 fully saturated rings. The molecular formula is C23H30N4O2. The molecule has 0 bridgehead atoms. The van der Waals surface area contributed by atoms with Gasteiger partial charge < -0.3 is 16.4 Å². The van der Waals surface area contributed by atoms with Gasteiger partial charge in [0.2, 0.25) is 11.8 Å². The van der Waals surface area contributed by atoms with Crippen LogP contribution in [0.4, 0.5) is 11.4 Å². The molecule has 1 aliphatic heterocycles. The summed E-state index contributed by atoms with van der Waals surface area (Å²) in [6, 6.07) is 16.4. The quantitative estimate of drug-likeness (QED) is 0.701. The average Bonchev–Trinajstić information content (AvgIpc) is 2.97. The van der Waals surface area contributed by atoms with Crippen LogP contribution >= 0.6 is 0 Å². The van der Waals surface area contributed by atoms with Gasteiger partial charge in [-0.2, -0.15) is 0 Å². The highest BCUT2D eigenvalue weighted by atomic mass is 16.2. The van der Waals surface area contributed by atoms with E-state index in [0.29, 0.717) is 17.9 Å². The van der Waals surface area contributed by atoms with Crippen molar-refractivity contribution in [2.24, 2.45) is 5.73 Å². The van der Waals surface area contributed by atoms with Crippen LogP contribution in [0.25, 0.3) is 0 Å². The number of hydrogen-bond donors (Lipinski definition) is 3. The summed E-state index contributed by atoms with van der Waals surface area (Å²) in [4.78, 5) is 27.3. The van der Waals surface area contributed by atoms with E-state index in [-0.39, 0.29) is 11.8 Å². The Morgan fingerprint density at radius 2 is 1.55 bits per heavy atom. The van der Waals surface area contributed by atoms with Crippen LogP contribution in [0, 0.1) is 0 Å². The molecule has 2 amide bonds. The second kappa shape index (κ2) is 9.67. The number of likely N-dealkylation sites (tertiary alicyclic amines) is 1. The van der Waals surface area contributed by atoms with E-state index >= 15 is 0 Å². The lowest BCUT2D eigenvalue weighted by Gasteiger charge is -2.24. The summed E-state index contributed by atoms with van der Waals surface area (Å²) >= 11 is 0. The monoisotopic (exact) mass is 394 g/mol. The second-order valence-electron chi connectivity index (χ2n) is 7.84. The van der Waals surface area contributed by atoms with Gasteiger partial charge in [-0.25, -0.2) is 0 Å². The van der Waals surface area contributed by atoms with Crippen molar-refractivity contribution in [3.8, 4) is 0 Å². The van der Waals surface area contributed by atoms with Gasteiger partial charge in [-0.15, -0.1) is 0 Å². The van der Waals surface area contributed by atoms with Gasteiger partial charge in [0.05, 0.1) is 6.54 Å². The summed E-state index contributed by atoms with van der Waals surface area (Å²) in [6.07, 6.45) is 4.77. The van der Waals surface area contributed by atoms with Crippen LogP contribution in [-0.2, 0) is 15.1 Å². The molecular weight excluding hydrogens is 364 g/mol. The van der Waals surface area contributed by atoms with Crippen LogP contribution in [0.15, 0.2) is 54.6 Å². The molecule has 1 aliphatic rings. The predicted octanol–water partition coefficient (Wildman–Crippen LogP) is 3.31. The van der Waals surface area contributed by atoms with Crippen molar-refractivity contribution < 1.29 is 9.59 Å². The van der Waals surface area contributed by atoms with Gasteiger partial charge >= 0.3 is 0 Å². The summed E-state index contributed by atoms with van der Waals surface area (Å²) in [6.45, 7) is 4.02. The lowest BCUT2D eigenvalue weighted by molar-refractivity contribution is -0.121. The zero-order valence-corrected chi connectivity index (χ0v) is 17.0. The Bertz CT molecular complexity index is 828. The van der Waals surface area contributed by atoms with E-state index in [1.807, 2.05) is 36.4 Å². The van der Waals surface area contributed by atoms with Crippen molar-refractivity contribution in [3.05, 3.63) is 60.2 Å². The molecule has 1 atom stereocenters. The normalized spacial score (nSPS) is 17.0. The summed E-state index contributed by atoms with van der Waals surface area (Å²) < 4.78 is 0. The summed E-state index contributed by atoms with van der Waals surface area (Å²) in [7, 11) is 0. The molecule has 6 heteroatoms. The van der Waals surface area contributed by atoms with Crippen molar-refractivity contribution in [2.45, 2.75) is 38.1 Å². The zero-order valence-electron chi connectivity index (χ0n) is 17.0. The number of benzene rings is 2. The highest BCUT2D eigenvalue weighted by Crippen LogP contribution is 2.21. The predicted molar refractivity (Wildman–Crippen MR) is 117 cm³/mol. The molecule has 0 aromatic heterocycles. The van der Waals surface area contributed by atoms with Gasteiger partial charge in [0.15, 0.2) is 0 Å². The first kappa shape index (κ1) is 21.0. The number of nitrogens with two attached hydrogens (primary N) is 1. The molecule has 2 aromatic rings. The fourth-order valence-electron chi connectivity index (χ4n) is 3.55. The maximum absolute atomic E-state index is 12.7. The molecule has 3 rings (SSSR count). The van der Waals surface area contributed by atoms with Gasteiger partial charge in [-0.05, 0) is 56.6 Å². The minimum atomic E-state index is -1.16. The van der Waals surface area contributed by atoms with E-state index in [1.165, 1.54) is 12.8 Å². The van der Waals surface area contributed by atoms with E-state index in [9.17, 15) is 9.59 Å². The molecule has 6 nitrogen and oxygen atoms in total. The number of anilines is 2. The molecule has 0 aliphatic carbocycles. The molecule has 0 spiro atoms. The van der Waals surface area contributed by atoms with Gasteiger partial charge in [0.25, 0.3) is 0 Å². The molecule has 154 valence electrons. The minimum absolute atomic E-state index is 0.0386. The minimum Gasteiger partial charge on any atom is -0.325 e. The highest BCUT2D eigenvalue weighted by molar-refractivity contribution is 5.99. The lowest BCUT2D eigenvalue weighted by Crippen LogP contribution is -2.45. The van der Waals surface area contributed by atoms with Crippen LogP contribution in [0.1, 0.15) is 38.2 Å². The first-order valence-corrected chi connectivity index (χ1v) is 10.2. The Kier molecular flexibility index (Phi) is 7.01. The van der Waals surface area contributed by atoms with Crippen LogP contribution in [-0.4, -0.2) is 36.3 Å². The maximum Gasteiger partial charge on any atom is 0.248 e. The maximum atomic E-state index is 12.7. The summed E-state index contributed by atoms with van der Waals surface area (Å²) in [5.41, 5.74) is 7.10. The fourth-order valence-corrected chi connectivity index (χ4v) is 3.55. The third kappa shape index (κ3) is 5.89. The number of carbonyl (C=O) groups excluding carboxylic acids is 2. The Morgan fingerprint density at radius 3 is 2.21 bits per heavy atom. The van der Waals surface area contributed by atoms with Crippen molar-refractivity contribution in [2.75, 3.05) is 30.3 Å². The fraction of sp³-hybridized carbons (Fsp3) is 0.391. The molecule has 1 heterocycles. The molecule has 0 saturated carbocycles. The van der Waals surface area contributed by atoms with Crippen molar-refractivity contribution in [1.29, 1.82) is 0 Å². The molecule has 4 N–H and O–H groups in total. The first-order chi connectivity index (χ1) is 13.9. The van der Waals surface area contributed by atoms with Gasteiger partial charge in [0, 0.05) is 11.4 Å². The zero-order chi connectivity index (χ0) is 20.7. The first-order valence-electron chi connectivity index (χ1n) is 10.2. The average molecular weight is 395 g/mol. The molecule has 2 aromatic carbocycles. The van der Waals surface area contributed by atoms with Crippen LogP contribution in [0.5, 0.6) is 0 Å². The summed E-state index contributed by atoms with van der Waals surface area (Å²) in [5.74, 6) is -0.347. The number of nitrogens with zero attached hydrogens (tertiary/aromatic N) is 1. The molecule has 29 heavy (non-hydrogen) atoms. The van der Waals surface area contributed by atoms with E-state index in [1.54, 1.807) is 25.1 Å². The summed E-state index contributed by atoms with van der Waals surface area (Å²) in [5, 5.41) is 5.79. The number of carbonyl (C=O) groups is 2.